The van der Waals surface area contributed by atoms with E-state index in [0.29, 0.717) is 0 Å². The predicted octanol–water partition coefficient (Wildman–Crippen LogP) is 3.86. The number of allylic oxidation sites excluding steroid dienone is 2. The Morgan fingerprint density at radius 1 is 1.07 bits per heavy atom. The number of aromatic nitrogens is 1. The maximum absolute atomic E-state index is 13.5. The molecule has 144 valence electrons. The molecule has 3 rings (SSSR count). The largest absolute Gasteiger partial charge is 0.465 e. The number of carbonyl (C=O) groups excluding carboxylic acids is 3. The van der Waals surface area contributed by atoms with Gasteiger partial charge in [-0.2, -0.15) is 0 Å². The lowest BCUT2D eigenvalue weighted by Crippen LogP contribution is -2.29. The van der Waals surface area contributed by atoms with Crippen LogP contribution in [-0.4, -0.2) is 29.6 Å². The molecule has 0 unspecified atom stereocenters. The van der Waals surface area contributed by atoms with Gasteiger partial charge in [0, 0.05) is 17.4 Å². The molecule has 0 saturated carbocycles. The Morgan fingerprint density at radius 2 is 1.75 bits per heavy atom. The van der Waals surface area contributed by atoms with Crippen molar-refractivity contribution in [3.8, 4) is 0 Å². The number of aryl methyl sites for hydroxylation is 2. The Bertz CT molecular complexity index is 1100. The average Bonchev–Trinajstić information content (AvgIpc) is 2.65. The number of hydrogen-bond acceptors (Lipinski definition) is 6. The number of esters is 1. The first-order valence-corrected chi connectivity index (χ1v) is 8.77. The summed E-state index contributed by atoms with van der Waals surface area (Å²) in [5.74, 6) is -4.21. The maximum Gasteiger partial charge on any atom is 0.340 e. The van der Waals surface area contributed by atoms with Crippen molar-refractivity contribution in [1.29, 1.82) is 0 Å². The normalized spacial score (nSPS) is 13.5. The maximum atomic E-state index is 13.5. The summed E-state index contributed by atoms with van der Waals surface area (Å²) in [6, 6.07) is 2.97. The van der Waals surface area contributed by atoms with Crippen molar-refractivity contribution >= 4 is 39.2 Å². The number of Topliss-reactive ketones (excluding diaryl/α,β-unsaturated/α-hetero) is 2. The molecular formula is C19H13BrF2N2O4. The van der Waals surface area contributed by atoms with E-state index in [1.807, 2.05) is 0 Å². The summed E-state index contributed by atoms with van der Waals surface area (Å²) in [6.45, 7) is 3.07. The van der Waals surface area contributed by atoms with Gasteiger partial charge in [-0.25, -0.2) is 13.6 Å². The van der Waals surface area contributed by atoms with Crippen molar-refractivity contribution < 1.29 is 27.9 Å². The van der Waals surface area contributed by atoms with Crippen molar-refractivity contribution in [1.82, 2.24) is 4.98 Å². The van der Waals surface area contributed by atoms with Gasteiger partial charge in [0.1, 0.15) is 5.70 Å². The standard InChI is InChI=1S/C19H13BrF2N2O4/c1-7-12-14(13(8(2)23-7)19(27)28-3)17(25)15(20)16(18(12)26)24-9-4-5-10(21)11(22)6-9/h4-6,24H,1-3H3. The number of ketones is 2. The van der Waals surface area contributed by atoms with Crippen LogP contribution < -0.4 is 5.32 Å². The number of hydrogen-bond donors (Lipinski definition) is 1. The molecule has 1 aliphatic rings. The molecular weight excluding hydrogens is 438 g/mol. The number of methoxy groups -OCH3 is 1. The summed E-state index contributed by atoms with van der Waals surface area (Å²) < 4.78 is 31.2. The lowest BCUT2D eigenvalue weighted by atomic mass is 9.87. The molecule has 0 saturated heterocycles. The van der Waals surface area contributed by atoms with Crippen molar-refractivity contribution in [2.45, 2.75) is 13.8 Å². The molecule has 1 aliphatic carbocycles. The Balaban J connectivity index is 2.18. The van der Waals surface area contributed by atoms with Crippen LogP contribution in [-0.2, 0) is 4.74 Å². The fraction of sp³-hybridized carbons (Fsp3) is 0.158. The van der Waals surface area contributed by atoms with Crippen LogP contribution in [0.1, 0.15) is 42.5 Å². The molecule has 1 aromatic heterocycles. The lowest BCUT2D eigenvalue weighted by molar-refractivity contribution is 0.0596. The zero-order chi connectivity index (χ0) is 20.7. The minimum atomic E-state index is -1.11. The zero-order valence-electron chi connectivity index (χ0n) is 14.9. The zero-order valence-corrected chi connectivity index (χ0v) is 16.5. The minimum absolute atomic E-state index is 0.0516. The van der Waals surface area contributed by atoms with E-state index >= 15 is 0 Å². The number of nitrogens with zero attached hydrogens (tertiary/aromatic N) is 1. The lowest BCUT2D eigenvalue weighted by Gasteiger charge is -2.23. The number of pyridine rings is 1. The van der Waals surface area contributed by atoms with E-state index in [2.05, 4.69) is 26.2 Å². The minimum Gasteiger partial charge on any atom is -0.465 e. The van der Waals surface area contributed by atoms with E-state index in [1.54, 1.807) is 0 Å². The second kappa shape index (κ2) is 7.23. The molecule has 6 nitrogen and oxygen atoms in total. The summed E-state index contributed by atoms with van der Waals surface area (Å²) in [5.41, 5.74) is 0.151. The third-order valence-electron chi connectivity index (χ3n) is 4.24. The molecule has 0 amide bonds. The number of rotatable bonds is 3. The quantitative estimate of drug-likeness (QED) is 0.714. The molecule has 28 heavy (non-hydrogen) atoms. The van der Waals surface area contributed by atoms with E-state index in [4.69, 9.17) is 4.74 Å². The molecule has 1 aromatic carbocycles. The molecule has 0 spiro atoms. The van der Waals surface area contributed by atoms with Gasteiger partial charge in [-0.3, -0.25) is 14.6 Å². The number of ether oxygens (including phenoxy) is 1. The van der Waals surface area contributed by atoms with Crippen molar-refractivity contribution in [3.63, 3.8) is 0 Å². The monoisotopic (exact) mass is 450 g/mol. The van der Waals surface area contributed by atoms with Crippen LogP contribution in [0.3, 0.4) is 0 Å². The van der Waals surface area contributed by atoms with Crippen LogP contribution in [0, 0.1) is 25.5 Å². The second-order valence-electron chi connectivity index (χ2n) is 6.00. The van der Waals surface area contributed by atoms with Crippen molar-refractivity contribution in [2.75, 3.05) is 12.4 Å². The Labute approximate surface area is 166 Å². The predicted molar refractivity (Wildman–Crippen MR) is 99.6 cm³/mol. The molecule has 0 fully saturated rings. The van der Waals surface area contributed by atoms with E-state index in [9.17, 15) is 23.2 Å². The van der Waals surface area contributed by atoms with Crippen LogP contribution in [0.5, 0.6) is 0 Å². The molecule has 0 aliphatic heterocycles. The van der Waals surface area contributed by atoms with Crippen molar-refractivity contribution in [2.24, 2.45) is 0 Å². The van der Waals surface area contributed by atoms with Crippen LogP contribution in [0.15, 0.2) is 28.4 Å². The van der Waals surface area contributed by atoms with Gasteiger partial charge in [0.05, 0.1) is 34.0 Å². The number of anilines is 1. The highest BCUT2D eigenvalue weighted by molar-refractivity contribution is 9.12. The summed E-state index contributed by atoms with van der Waals surface area (Å²) in [4.78, 5) is 42.4. The first-order chi connectivity index (χ1) is 13.2. The first-order valence-electron chi connectivity index (χ1n) is 7.98. The average molecular weight is 451 g/mol. The van der Waals surface area contributed by atoms with Gasteiger partial charge in [-0.15, -0.1) is 0 Å². The van der Waals surface area contributed by atoms with E-state index in [-0.39, 0.29) is 43.9 Å². The third kappa shape index (κ3) is 3.11. The van der Waals surface area contributed by atoms with Gasteiger partial charge in [0.25, 0.3) is 0 Å². The van der Waals surface area contributed by atoms with Gasteiger partial charge >= 0.3 is 5.97 Å². The highest BCUT2D eigenvalue weighted by Gasteiger charge is 2.38. The smallest absolute Gasteiger partial charge is 0.340 e. The topological polar surface area (TPSA) is 85.4 Å². The molecule has 0 atom stereocenters. The van der Waals surface area contributed by atoms with E-state index < -0.39 is 29.2 Å². The summed E-state index contributed by atoms with van der Waals surface area (Å²) in [6.07, 6.45) is 0. The van der Waals surface area contributed by atoms with Crippen LogP contribution in [0.2, 0.25) is 0 Å². The number of benzene rings is 1. The van der Waals surface area contributed by atoms with Crippen LogP contribution in [0.25, 0.3) is 0 Å². The highest BCUT2D eigenvalue weighted by atomic mass is 79.9. The molecule has 9 heteroatoms. The summed E-state index contributed by atoms with van der Waals surface area (Å²) >= 11 is 3.08. The van der Waals surface area contributed by atoms with Gasteiger partial charge in [-0.05, 0) is 41.9 Å². The number of halogens is 3. The second-order valence-corrected chi connectivity index (χ2v) is 6.79. The van der Waals surface area contributed by atoms with Gasteiger partial charge in [0.15, 0.2) is 11.6 Å². The third-order valence-corrected chi connectivity index (χ3v) is 4.99. The van der Waals surface area contributed by atoms with Gasteiger partial charge in [-0.1, -0.05) is 0 Å². The number of fused-ring (bicyclic) bond motifs is 1. The van der Waals surface area contributed by atoms with Gasteiger partial charge in [0.2, 0.25) is 11.6 Å². The fourth-order valence-electron chi connectivity index (χ4n) is 2.98. The van der Waals surface area contributed by atoms with Crippen LogP contribution in [0.4, 0.5) is 14.5 Å². The Morgan fingerprint density at radius 3 is 2.36 bits per heavy atom. The van der Waals surface area contributed by atoms with Gasteiger partial charge < -0.3 is 10.1 Å². The van der Waals surface area contributed by atoms with Crippen LogP contribution >= 0.6 is 15.9 Å². The van der Waals surface area contributed by atoms with Crippen molar-refractivity contribution in [3.05, 3.63) is 68.1 Å². The molecule has 0 bridgehead atoms. The Hall–Kier alpha value is -2.94. The van der Waals surface area contributed by atoms with E-state index in [1.165, 1.54) is 19.9 Å². The number of nitrogens with one attached hydrogen (secondary N) is 1. The molecule has 0 radical (unpaired) electrons. The first kappa shape index (κ1) is 19.8. The fourth-order valence-corrected chi connectivity index (χ4v) is 3.46. The SMILES string of the molecule is COC(=O)c1c(C)nc(C)c2c1C(=O)C(Br)=C(Nc1ccc(F)c(F)c1)C2=O. The summed E-state index contributed by atoms with van der Waals surface area (Å²) in [5, 5.41) is 2.64. The summed E-state index contributed by atoms with van der Waals surface area (Å²) in [7, 11) is 1.16. The van der Waals surface area contributed by atoms with E-state index in [0.717, 1.165) is 19.2 Å². The molecule has 1 heterocycles. The Kier molecular flexibility index (Phi) is 5.12. The highest BCUT2D eigenvalue weighted by Crippen LogP contribution is 2.35. The molecule has 2 aromatic rings. The number of carbonyl (C=O) groups is 3. The molecule has 1 N–H and O–H groups in total.